The van der Waals surface area contributed by atoms with Gasteiger partial charge in [-0.1, -0.05) is 17.7 Å². The molecule has 3 heteroatoms. The maximum atomic E-state index is 13.1. The van der Waals surface area contributed by atoms with Crippen molar-refractivity contribution < 1.29 is 4.39 Å². The number of aryl methyl sites for hydroxylation is 1. The largest absolute Gasteiger partial charge is 0.399 e. The molecule has 2 rings (SSSR count). The summed E-state index contributed by atoms with van der Waals surface area (Å²) in [4.78, 5) is 1.18. The fraction of sp³-hybridized carbons (Fsp3) is 0.143. The maximum absolute atomic E-state index is 13.1. The lowest BCUT2D eigenvalue weighted by atomic mass is 10.2. The van der Waals surface area contributed by atoms with Crippen LogP contribution in [0.5, 0.6) is 0 Å². The average Bonchev–Trinajstić information content (AvgIpc) is 2.27. The smallest absolute Gasteiger partial charge is 0.125 e. The van der Waals surface area contributed by atoms with Gasteiger partial charge in [-0.25, -0.2) is 4.39 Å². The van der Waals surface area contributed by atoms with Crippen molar-refractivity contribution in [3.63, 3.8) is 0 Å². The van der Waals surface area contributed by atoms with E-state index in [-0.39, 0.29) is 5.82 Å². The molecule has 0 spiro atoms. The molecule has 0 fully saturated rings. The summed E-state index contributed by atoms with van der Waals surface area (Å²) in [6, 6.07) is 13.0. The second-order valence-corrected chi connectivity index (χ2v) is 5.04. The van der Waals surface area contributed by atoms with Crippen LogP contribution in [0.15, 0.2) is 47.4 Å². The Morgan fingerprint density at radius 1 is 1.12 bits per heavy atom. The molecule has 2 N–H and O–H groups in total. The zero-order valence-corrected chi connectivity index (χ0v) is 10.4. The Morgan fingerprint density at radius 3 is 2.47 bits per heavy atom. The molecule has 0 amide bonds. The van der Waals surface area contributed by atoms with E-state index in [0.29, 0.717) is 5.69 Å². The fourth-order valence-electron chi connectivity index (χ4n) is 1.56. The summed E-state index contributed by atoms with van der Waals surface area (Å²) < 4.78 is 13.1. The lowest BCUT2D eigenvalue weighted by Gasteiger charge is -2.04. The molecule has 0 unspecified atom stereocenters. The molecule has 0 aromatic heterocycles. The fourth-order valence-corrected chi connectivity index (χ4v) is 2.39. The van der Waals surface area contributed by atoms with E-state index in [0.717, 1.165) is 11.3 Å². The molecule has 0 aliphatic rings. The third kappa shape index (κ3) is 3.49. The van der Waals surface area contributed by atoms with Gasteiger partial charge in [0.05, 0.1) is 0 Å². The molecule has 2 aromatic rings. The van der Waals surface area contributed by atoms with E-state index in [4.69, 9.17) is 5.73 Å². The third-order valence-corrected chi connectivity index (χ3v) is 3.49. The standard InChI is InChI=1S/C14H14FNS/c1-10-2-4-14(5-3-10)17-9-11-6-12(15)8-13(16)7-11/h2-8H,9,16H2,1H3. The van der Waals surface area contributed by atoms with Gasteiger partial charge in [0.25, 0.3) is 0 Å². The first-order chi connectivity index (χ1) is 8.13. The minimum Gasteiger partial charge on any atom is -0.399 e. The van der Waals surface area contributed by atoms with Crippen LogP contribution in [0.3, 0.4) is 0 Å². The Morgan fingerprint density at radius 2 is 1.82 bits per heavy atom. The van der Waals surface area contributed by atoms with Crippen molar-refractivity contribution in [1.29, 1.82) is 0 Å². The zero-order chi connectivity index (χ0) is 12.3. The number of nitrogens with two attached hydrogens (primary N) is 1. The average molecular weight is 247 g/mol. The van der Waals surface area contributed by atoms with Crippen LogP contribution < -0.4 is 5.73 Å². The Kier molecular flexibility index (Phi) is 3.69. The summed E-state index contributed by atoms with van der Waals surface area (Å²) in [5, 5.41) is 0. The Hall–Kier alpha value is -1.48. The van der Waals surface area contributed by atoms with E-state index in [2.05, 4.69) is 31.2 Å². The molecular formula is C14H14FNS. The van der Waals surface area contributed by atoms with Gasteiger partial charge < -0.3 is 5.73 Å². The van der Waals surface area contributed by atoms with Gasteiger partial charge in [0.1, 0.15) is 5.82 Å². The number of nitrogen functional groups attached to an aromatic ring is 1. The second kappa shape index (κ2) is 5.23. The van der Waals surface area contributed by atoms with E-state index < -0.39 is 0 Å². The van der Waals surface area contributed by atoms with Crippen LogP contribution in [0, 0.1) is 12.7 Å². The minimum absolute atomic E-state index is 0.274. The highest BCUT2D eigenvalue weighted by Crippen LogP contribution is 2.24. The molecule has 17 heavy (non-hydrogen) atoms. The van der Waals surface area contributed by atoms with Gasteiger partial charge in [0.15, 0.2) is 0 Å². The van der Waals surface area contributed by atoms with Crippen molar-refractivity contribution in [3.05, 3.63) is 59.4 Å². The topological polar surface area (TPSA) is 26.0 Å². The van der Waals surface area contributed by atoms with Crippen molar-refractivity contribution in [1.82, 2.24) is 0 Å². The Bertz CT molecular complexity index is 488. The summed E-state index contributed by atoms with van der Waals surface area (Å²) in [5.41, 5.74) is 8.23. The van der Waals surface area contributed by atoms with Crippen LogP contribution in [0.4, 0.5) is 10.1 Å². The first-order valence-corrected chi connectivity index (χ1v) is 6.36. The van der Waals surface area contributed by atoms with Crippen LogP contribution in [0.25, 0.3) is 0 Å². The molecule has 0 heterocycles. The maximum Gasteiger partial charge on any atom is 0.125 e. The highest BCUT2D eigenvalue weighted by atomic mass is 32.2. The SMILES string of the molecule is Cc1ccc(SCc2cc(N)cc(F)c2)cc1. The predicted molar refractivity (Wildman–Crippen MR) is 71.6 cm³/mol. The summed E-state index contributed by atoms with van der Waals surface area (Å²) in [6.45, 7) is 2.06. The Labute approximate surface area is 105 Å². The Balaban J connectivity index is 2.04. The summed E-state index contributed by atoms with van der Waals surface area (Å²) in [7, 11) is 0. The summed E-state index contributed by atoms with van der Waals surface area (Å²) >= 11 is 1.68. The molecule has 0 saturated heterocycles. The second-order valence-electron chi connectivity index (χ2n) is 3.99. The molecule has 88 valence electrons. The molecule has 0 saturated carbocycles. The number of benzene rings is 2. The summed E-state index contributed by atoms with van der Waals surface area (Å²) in [6.07, 6.45) is 0. The van der Waals surface area contributed by atoms with Gasteiger partial charge in [-0.2, -0.15) is 0 Å². The van der Waals surface area contributed by atoms with E-state index in [1.165, 1.54) is 22.6 Å². The lowest BCUT2D eigenvalue weighted by Crippen LogP contribution is -1.90. The van der Waals surface area contributed by atoms with Gasteiger partial charge in [-0.3, -0.25) is 0 Å². The van der Waals surface area contributed by atoms with Crippen LogP contribution in [-0.4, -0.2) is 0 Å². The van der Waals surface area contributed by atoms with E-state index in [1.807, 2.05) is 6.07 Å². The number of rotatable bonds is 3. The number of hydrogen-bond acceptors (Lipinski definition) is 2. The van der Waals surface area contributed by atoms with Crippen molar-refractivity contribution in [2.24, 2.45) is 0 Å². The van der Waals surface area contributed by atoms with Crippen LogP contribution >= 0.6 is 11.8 Å². The number of anilines is 1. The highest BCUT2D eigenvalue weighted by molar-refractivity contribution is 7.98. The van der Waals surface area contributed by atoms with Crippen molar-refractivity contribution >= 4 is 17.4 Å². The van der Waals surface area contributed by atoms with Gasteiger partial charge in [0.2, 0.25) is 0 Å². The van der Waals surface area contributed by atoms with E-state index in [1.54, 1.807) is 11.8 Å². The zero-order valence-electron chi connectivity index (χ0n) is 9.61. The lowest BCUT2D eigenvalue weighted by molar-refractivity contribution is 0.627. The van der Waals surface area contributed by atoms with Crippen LogP contribution in [-0.2, 0) is 5.75 Å². The minimum atomic E-state index is -0.274. The molecule has 0 radical (unpaired) electrons. The molecule has 1 nitrogen and oxygen atoms in total. The van der Waals surface area contributed by atoms with Crippen LogP contribution in [0.2, 0.25) is 0 Å². The van der Waals surface area contributed by atoms with Gasteiger partial charge in [-0.15, -0.1) is 11.8 Å². The number of halogens is 1. The first kappa shape index (κ1) is 12.0. The number of hydrogen-bond donors (Lipinski definition) is 1. The van der Waals surface area contributed by atoms with Gasteiger partial charge >= 0.3 is 0 Å². The van der Waals surface area contributed by atoms with Crippen LogP contribution in [0.1, 0.15) is 11.1 Å². The van der Waals surface area contributed by atoms with Crippen molar-refractivity contribution in [2.75, 3.05) is 5.73 Å². The van der Waals surface area contributed by atoms with E-state index in [9.17, 15) is 4.39 Å². The molecule has 0 aliphatic heterocycles. The molecule has 0 atom stereocenters. The molecule has 2 aromatic carbocycles. The van der Waals surface area contributed by atoms with Crippen molar-refractivity contribution in [3.8, 4) is 0 Å². The molecular weight excluding hydrogens is 233 g/mol. The molecule has 0 aliphatic carbocycles. The first-order valence-electron chi connectivity index (χ1n) is 5.38. The quantitative estimate of drug-likeness (QED) is 0.655. The monoisotopic (exact) mass is 247 g/mol. The molecule has 0 bridgehead atoms. The third-order valence-electron chi connectivity index (χ3n) is 2.41. The van der Waals surface area contributed by atoms with Crippen molar-refractivity contribution in [2.45, 2.75) is 17.6 Å². The van der Waals surface area contributed by atoms with Gasteiger partial charge in [0, 0.05) is 16.3 Å². The predicted octanol–water partition coefficient (Wildman–Crippen LogP) is 4.01. The number of thioether (sulfide) groups is 1. The highest BCUT2D eigenvalue weighted by Gasteiger charge is 2.00. The van der Waals surface area contributed by atoms with Gasteiger partial charge in [-0.05, 0) is 42.8 Å². The normalized spacial score (nSPS) is 10.5. The van der Waals surface area contributed by atoms with E-state index >= 15 is 0 Å². The summed E-state index contributed by atoms with van der Waals surface area (Å²) in [5.74, 6) is 0.454.